The summed E-state index contributed by atoms with van der Waals surface area (Å²) in [6.07, 6.45) is 1.75. The fraction of sp³-hybridized carbons (Fsp3) is 0.421. The number of ether oxygens (including phenoxy) is 1. The molecule has 1 aromatic carbocycles. The number of nitrogens with zero attached hydrogens (tertiary/aromatic N) is 4. The molecule has 2 aromatic rings. The van der Waals surface area contributed by atoms with Gasteiger partial charge in [-0.15, -0.1) is 0 Å². The van der Waals surface area contributed by atoms with E-state index in [0.717, 1.165) is 18.5 Å². The van der Waals surface area contributed by atoms with Gasteiger partial charge in [0.2, 0.25) is 11.6 Å². The minimum atomic E-state index is -1.60. The van der Waals surface area contributed by atoms with Crippen molar-refractivity contribution in [2.75, 3.05) is 30.3 Å². The zero-order valence-corrected chi connectivity index (χ0v) is 17.1. The Bertz CT molecular complexity index is 978. The molecule has 1 saturated heterocycles. The number of rotatable bonds is 7. The summed E-state index contributed by atoms with van der Waals surface area (Å²) < 4.78 is 44.9. The maximum atomic E-state index is 13.4. The topological polar surface area (TPSA) is 123 Å². The van der Waals surface area contributed by atoms with Gasteiger partial charge in [-0.25, -0.2) is 27.9 Å². The molecule has 0 saturated carbocycles. The lowest BCUT2D eigenvalue weighted by Crippen LogP contribution is -2.42. The van der Waals surface area contributed by atoms with Gasteiger partial charge in [0.1, 0.15) is 6.33 Å². The molecular weight excluding hydrogens is 433 g/mol. The highest BCUT2D eigenvalue weighted by atomic mass is 19.2. The SMILES string of the molecule is CCOC(=O)N1CCC(Nc2ncnc(NCc3cc(F)c(F)c(F)c3)c2[N+](=O)[O-])CC1. The Kier molecular flexibility index (Phi) is 7.28. The average Bonchev–Trinajstić information content (AvgIpc) is 2.76. The first-order valence-corrected chi connectivity index (χ1v) is 9.85. The third-order valence-corrected chi connectivity index (χ3v) is 4.87. The average molecular weight is 454 g/mol. The van der Waals surface area contributed by atoms with Crippen LogP contribution in [-0.4, -0.2) is 51.6 Å². The van der Waals surface area contributed by atoms with Gasteiger partial charge in [-0.3, -0.25) is 10.1 Å². The third kappa shape index (κ3) is 5.34. The van der Waals surface area contributed by atoms with Gasteiger partial charge < -0.3 is 20.3 Å². The lowest BCUT2D eigenvalue weighted by Gasteiger charge is -2.31. The molecule has 0 aliphatic carbocycles. The standard InChI is InChI=1S/C19H21F3N6O4/c1-2-32-19(29)27-5-3-12(4-6-27)26-18-16(28(30)31)17(24-10-25-18)23-9-11-7-13(20)15(22)14(21)8-11/h7-8,10,12H,2-6,9H2,1H3,(H2,23,24,25,26). The van der Waals surface area contributed by atoms with Gasteiger partial charge in [0.15, 0.2) is 17.5 Å². The number of anilines is 2. The second-order valence-electron chi connectivity index (χ2n) is 7.01. The highest BCUT2D eigenvalue weighted by molar-refractivity contribution is 5.70. The normalized spacial score (nSPS) is 14.2. The van der Waals surface area contributed by atoms with Crippen molar-refractivity contribution in [1.82, 2.24) is 14.9 Å². The maximum absolute atomic E-state index is 13.4. The number of carbonyl (C=O) groups is 1. The second-order valence-corrected chi connectivity index (χ2v) is 7.01. The first-order chi connectivity index (χ1) is 15.3. The Labute approximate surface area is 180 Å². The van der Waals surface area contributed by atoms with Gasteiger partial charge >= 0.3 is 11.8 Å². The van der Waals surface area contributed by atoms with Crippen LogP contribution in [0.15, 0.2) is 18.5 Å². The smallest absolute Gasteiger partial charge is 0.409 e. The molecule has 2 heterocycles. The summed E-state index contributed by atoms with van der Waals surface area (Å²) in [5.41, 5.74) is -0.404. The van der Waals surface area contributed by atoms with Crippen LogP contribution in [0.3, 0.4) is 0 Å². The van der Waals surface area contributed by atoms with Gasteiger partial charge in [0.25, 0.3) is 0 Å². The number of likely N-dealkylation sites (tertiary alicyclic amines) is 1. The van der Waals surface area contributed by atoms with E-state index < -0.39 is 34.2 Å². The van der Waals surface area contributed by atoms with Crippen molar-refractivity contribution < 1.29 is 27.6 Å². The number of nitro groups is 1. The molecular formula is C19H21F3N6O4. The molecule has 32 heavy (non-hydrogen) atoms. The van der Waals surface area contributed by atoms with E-state index in [9.17, 15) is 28.1 Å². The van der Waals surface area contributed by atoms with Crippen molar-refractivity contribution in [3.63, 3.8) is 0 Å². The number of amides is 1. The van der Waals surface area contributed by atoms with Crippen LogP contribution in [0.2, 0.25) is 0 Å². The predicted octanol–water partition coefficient (Wildman–Crippen LogP) is 3.45. The van der Waals surface area contributed by atoms with E-state index in [1.807, 2.05) is 0 Å². The number of nitrogens with one attached hydrogen (secondary N) is 2. The number of halogens is 3. The Balaban J connectivity index is 1.70. The van der Waals surface area contributed by atoms with Gasteiger partial charge in [-0.1, -0.05) is 0 Å². The fourth-order valence-electron chi connectivity index (χ4n) is 3.30. The Hall–Kier alpha value is -3.64. The summed E-state index contributed by atoms with van der Waals surface area (Å²) in [5, 5.41) is 17.3. The number of carbonyl (C=O) groups excluding carboxylic acids is 1. The summed E-state index contributed by atoms with van der Waals surface area (Å²) in [7, 11) is 0. The lowest BCUT2D eigenvalue weighted by molar-refractivity contribution is -0.383. The second kappa shape index (κ2) is 10.1. The molecule has 2 N–H and O–H groups in total. The van der Waals surface area contributed by atoms with Gasteiger partial charge in [0, 0.05) is 25.7 Å². The van der Waals surface area contributed by atoms with Crippen LogP contribution in [0.4, 0.5) is 35.3 Å². The van der Waals surface area contributed by atoms with E-state index >= 15 is 0 Å². The van der Waals surface area contributed by atoms with E-state index in [1.54, 1.807) is 11.8 Å². The zero-order chi connectivity index (χ0) is 23.3. The largest absolute Gasteiger partial charge is 0.450 e. The molecule has 1 fully saturated rings. The molecule has 1 amide bonds. The van der Waals surface area contributed by atoms with Crippen LogP contribution in [-0.2, 0) is 11.3 Å². The van der Waals surface area contributed by atoms with Crippen LogP contribution in [0.1, 0.15) is 25.3 Å². The minimum Gasteiger partial charge on any atom is -0.450 e. The number of piperidine rings is 1. The van der Waals surface area contributed by atoms with E-state index in [1.165, 1.54) is 0 Å². The first-order valence-electron chi connectivity index (χ1n) is 9.85. The summed E-state index contributed by atoms with van der Waals surface area (Å²) in [6.45, 7) is 2.60. The molecule has 0 spiro atoms. The fourth-order valence-corrected chi connectivity index (χ4v) is 3.30. The summed E-state index contributed by atoms with van der Waals surface area (Å²) in [5.74, 6) is -4.52. The van der Waals surface area contributed by atoms with Crippen molar-refractivity contribution in [3.05, 3.63) is 51.6 Å². The van der Waals surface area contributed by atoms with Crippen molar-refractivity contribution in [3.8, 4) is 0 Å². The summed E-state index contributed by atoms with van der Waals surface area (Å²) in [6, 6.07) is 1.39. The molecule has 0 atom stereocenters. The quantitative estimate of drug-likeness (QED) is 0.371. The van der Waals surface area contributed by atoms with Crippen LogP contribution in [0.5, 0.6) is 0 Å². The molecule has 1 aromatic heterocycles. The van der Waals surface area contributed by atoms with E-state index in [0.29, 0.717) is 25.9 Å². The molecule has 3 rings (SSSR count). The van der Waals surface area contributed by atoms with Crippen molar-refractivity contribution in [1.29, 1.82) is 0 Å². The van der Waals surface area contributed by atoms with E-state index in [2.05, 4.69) is 20.6 Å². The van der Waals surface area contributed by atoms with Crippen LogP contribution >= 0.6 is 0 Å². The third-order valence-electron chi connectivity index (χ3n) is 4.87. The van der Waals surface area contributed by atoms with Crippen LogP contribution < -0.4 is 10.6 Å². The summed E-state index contributed by atoms with van der Waals surface area (Å²) >= 11 is 0. The highest BCUT2D eigenvalue weighted by Crippen LogP contribution is 2.31. The van der Waals surface area contributed by atoms with E-state index in [4.69, 9.17) is 4.74 Å². The maximum Gasteiger partial charge on any atom is 0.409 e. The highest BCUT2D eigenvalue weighted by Gasteiger charge is 2.28. The van der Waals surface area contributed by atoms with E-state index in [-0.39, 0.29) is 36.4 Å². The van der Waals surface area contributed by atoms with Crippen molar-refractivity contribution in [2.45, 2.75) is 32.4 Å². The molecule has 1 aliphatic rings. The first kappa shape index (κ1) is 23.0. The van der Waals surface area contributed by atoms with Gasteiger partial charge in [-0.05, 0) is 37.5 Å². The lowest BCUT2D eigenvalue weighted by atomic mass is 10.1. The zero-order valence-electron chi connectivity index (χ0n) is 17.1. The monoisotopic (exact) mass is 454 g/mol. The number of aromatic nitrogens is 2. The van der Waals surface area contributed by atoms with Crippen molar-refractivity contribution in [2.24, 2.45) is 0 Å². The van der Waals surface area contributed by atoms with Gasteiger partial charge in [0.05, 0.1) is 11.5 Å². The molecule has 1 aliphatic heterocycles. The molecule has 172 valence electrons. The minimum absolute atomic E-state index is 0.0291. The molecule has 0 bridgehead atoms. The Morgan fingerprint density at radius 3 is 2.44 bits per heavy atom. The number of hydrogen-bond acceptors (Lipinski definition) is 8. The van der Waals surface area contributed by atoms with Crippen LogP contribution in [0, 0.1) is 27.6 Å². The Morgan fingerprint density at radius 2 is 1.84 bits per heavy atom. The Morgan fingerprint density at radius 1 is 1.22 bits per heavy atom. The van der Waals surface area contributed by atoms with Crippen LogP contribution in [0.25, 0.3) is 0 Å². The van der Waals surface area contributed by atoms with Crippen molar-refractivity contribution >= 4 is 23.4 Å². The molecule has 13 heteroatoms. The number of hydrogen-bond donors (Lipinski definition) is 2. The number of benzene rings is 1. The van der Waals surface area contributed by atoms with Gasteiger partial charge in [-0.2, -0.15) is 0 Å². The molecule has 0 unspecified atom stereocenters. The molecule has 0 radical (unpaired) electrons. The molecule has 10 nitrogen and oxygen atoms in total. The predicted molar refractivity (Wildman–Crippen MR) is 108 cm³/mol. The summed E-state index contributed by atoms with van der Waals surface area (Å²) in [4.78, 5) is 32.2.